The highest BCUT2D eigenvalue weighted by Gasteiger charge is 2.61. The monoisotopic (exact) mass is 345 g/mol. The molecule has 0 saturated heterocycles. The predicted octanol–water partition coefficient (Wildman–Crippen LogP) is 3.71. The van der Waals surface area contributed by atoms with Crippen molar-refractivity contribution in [2.24, 2.45) is 34.5 Å². The highest BCUT2D eigenvalue weighted by molar-refractivity contribution is 5.84. The molecule has 3 fully saturated rings. The fourth-order valence-corrected chi connectivity index (χ4v) is 7.59. The molecule has 2 N–H and O–H groups in total. The average Bonchev–Trinajstić information content (AvgIpc) is 2.83. The number of nitrogens with one attached hydrogen (secondary N) is 1. The van der Waals surface area contributed by atoms with Gasteiger partial charge in [-0.25, -0.2) is 0 Å². The van der Waals surface area contributed by atoms with Gasteiger partial charge in [-0.2, -0.15) is 0 Å². The lowest BCUT2D eigenvalue weighted by Crippen LogP contribution is -2.54. The van der Waals surface area contributed by atoms with Crippen molar-refractivity contribution in [2.75, 3.05) is 7.05 Å². The Kier molecular flexibility index (Phi) is 4.20. The number of likely N-dealkylation sites (N-methyl/N-ethyl adjacent to an activating group) is 1. The van der Waals surface area contributed by atoms with E-state index < -0.39 is 0 Å². The molecule has 3 nitrogen and oxygen atoms in total. The number of ketones is 1. The van der Waals surface area contributed by atoms with E-state index in [9.17, 15) is 9.90 Å². The van der Waals surface area contributed by atoms with E-state index in [4.69, 9.17) is 0 Å². The van der Waals surface area contributed by atoms with Crippen LogP contribution in [0, 0.1) is 34.5 Å². The molecule has 0 unspecified atom stereocenters. The molecule has 0 aromatic heterocycles. The Morgan fingerprint density at radius 1 is 1.28 bits per heavy atom. The van der Waals surface area contributed by atoms with E-state index in [1.54, 1.807) is 5.57 Å². The van der Waals surface area contributed by atoms with Crippen LogP contribution in [0.2, 0.25) is 0 Å². The van der Waals surface area contributed by atoms with Gasteiger partial charge in [-0.15, -0.1) is 0 Å². The number of aliphatic hydroxyl groups is 1. The summed E-state index contributed by atoms with van der Waals surface area (Å²) in [5.74, 6) is 2.63. The fraction of sp³-hybridized carbons (Fsp3) is 0.864. The second kappa shape index (κ2) is 5.92. The molecule has 4 rings (SSSR count). The number of rotatable bonds is 2. The van der Waals surface area contributed by atoms with E-state index in [2.05, 4.69) is 32.2 Å². The van der Waals surface area contributed by atoms with Crippen molar-refractivity contribution in [3.63, 3.8) is 0 Å². The van der Waals surface area contributed by atoms with Gasteiger partial charge in [-0.3, -0.25) is 4.79 Å². The molecule has 4 aliphatic rings. The molecule has 25 heavy (non-hydrogen) atoms. The minimum Gasteiger partial charge on any atom is -0.391 e. The van der Waals surface area contributed by atoms with Gasteiger partial charge in [0.25, 0.3) is 0 Å². The Bertz CT molecular complexity index is 599. The first-order valence-corrected chi connectivity index (χ1v) is 10.4. The highest BCUT2D eigenvalue weighted by atomic mass is 16.3. The van der Waals surface area contributed by atoms with Gasteiger partial charge >= 0.3 is 0 Å². The molecule has 4 aliphatic carbocycles. The van der Waals surface area contributed by atoms with Crippen LogP contribution in [-0.4, -0.2) is 30.1 Å². The Morgan fingerprint density at radius 3 is 2.72 bits per heavy atom. The minimum atomic E-state index is -0.257. The fourth-order valence-electron chi connectivity index (χ4n) is 7.59. The third-order valence-electron chi connectivity index (χ3n) is 8.99. The zero-order valence-corrected chi connectivity index (χ0v) is 16.3. The Hall–Kier alpha value is -0.670. The standard InChI is InChI=1S/C22H35NO2/c1-5-15-19(24)11-17-14-7-6-13-10-18(23-4)20(25)12-22(13,3)16(14)8-9-21(15,17)2/h6,14-18,20,23,25H,5,7-12H2,1-4H3/t14-,15+,16+,17-,18+,20+,21-,22-/m1/s1. The summed E-state index contributed by atoms with van der Waals surface area (Å²) in [6, 6.07) is 0.197. The van der Waals surface area contributed by atoms with Crippen molar-refractivity contribution in [1.29, 1.82) is 0 Å². The third-order valence-corrected chi connectivity index (χ3v) is 8.99. The Morgan fingerprint density at radius 2 is 2.04 bits per heavy atom. The number of carbonyl (C=O) groups is 1. The third kappa shape index (κ3) is 2.34. The van der Waals surface area contributed by atoms with Gasteiger partial charge in [0.2, 0.25) is 0 Å². The quantitative estimate of drug-likeness (QED) is 0.750. The van der Waals surface area contributed by atoms with E-state index in [0.717, 1.165) is 32.1 Å². The molecule has 0 amide bonds. The zero-order valence-electron chi connectivity index (χ0n) is 16.3. The van der Waals surface area contributed by atoms with E-state index in [-0.39, 0.29) is 28.9 Å². The molecule has 0 aromatic carbocycles. The summed E-state index contributed by atoms with van der Waals surface area (Å²) in [6.45, 7) is 7.00. The van der Waals surface area contributed by atoms with Crippen LogP contribution in [0.3, 0.4) is 0 Å². The van der Waals surface area contributed by atoms with E-state index >= 15 is 0 Å². The highest BCUT2D eigenvalue weighted by Crippen LogP contribution is 2.65. The number of Topliss-reactive ketones (excluding diaryl/α,β-unsaturated/α-hetero) is 1. The predicted molar refractivity (Wildman–Crippen MR) is 100 cm³/mol. The largest absolute Gasteiger partial charge is 0.391 e. The van der Waals surface area contributed by atoms with Crippen LogP contribution < -0.4 is 5.32 Å². The molecule has 140 valence electrons. The minimum absolute atomic E-state index is 0.129. The zero-order chi connectivity index (χ0) is 18.0. The van der Waals surface area contributed by atoms with Gasteiger partial charge in [0.1, 0.15) is 5.78 Å². The lowest BCUT2D eigenvalue weighted by atomic mass is 9.47. The second-order valence-electron chi connectivity index (χ2n) is 9.81. The SMILES string of the molecule is CC[C@H]1C(=O)C[C@@H]2[C@@H]3CC=C4C[C@H](NC)[C@@H](O)C[C@@]4(C)[C@H]3CC[C@@]21C. The number of hydrogen-bond donors (Lipinski definition) is 2. The molecule has 0 heterocycles. The maximum Gasteiger partial charge on any atom is 0.136 e. The van der Waals surface area contributed by atoms with Gasteiger partial charge in [-0.05, 0) is 74.2 Å². The van der Waals surface area contributed by atoms with Gasteiger partial charge in [0.05, 0.1) is 6.10 Å². The van der Waals surface area contributed by atoms with Crippen molar-refractivity contribution in [2.45, 2.75) is 77.9 Å². The number of hydrogen-bond acceptors (Lipinski definition) is 3. The van der Waals surface area contributed by atoms with Gasteiger partial charge < -0.3 is 10.4 Å². The van der Waals surface area contributed by atoms with Crippen molar-refractivity contribution >= 4 is 5.78 Å². The molecular weight excluding hydrogens is 310 g/mol. The van der Waals surface area contributed by atoms with Gasteiger partial charge in [0.15, 0.2) is 0 Å². The van der Waals surface area contributed by atoms with Crippen molar-refractivity contribution in [1.82, 2.24) is 5.32 Å². The smallest absolute Gasteiger partial charge is 0.136 e. The van der Waals surface area contributed by atoms with Crippen LogP contribution in [0.15, 0.2) is 11.6 Å². The first-order chi connectivity index (χ1) is 11.8. The van der Waals surface area contributed by atoms with Crippen molar-refractivity contribution in [3.8, 4) is 0 Å². The van der Waals surface area contributed by atoms with Crippen LogP contribution in [0.25, 0.3) is 0 Å². The lowest BCUT2D eigenvalue weighted by Gasteiger charge is -2.58. The average molecular weight is 346 g/mol. The lowest BCUT2D eigenvalue weighted by molar-refractivity contribution is -0.122. The van der Waals surface area contributed by atoms with Crippen LogP contribution >= 0.6 is 0 Å². The summed E-state index contributed by atoms with van der Waals surface area (Å²) >= 11 is 0. The maximum absolute atomic E-state index is 12.7. The number of allylic oxidation sites excluding steroid dienone is 1. The molecule has 0 aromatic rings. The van der Waals surface area contributed by atoms with E-state index in [1.165, 1.54) is 12.8 Å². The first kappa shape index (κ1) is 17.7. The van der Waals surface area contributed by atoms with Crippen molar-refractivity contribution in [3.05, 3.63) is 11.6 Å². The first-order valence-electron chi connectivity index (χ1n) is 10.4. The summed E-state index contributed by atoms with van der Waals surface area (Å²) < 4.78 is 0. The molecule has 0 aliphatic heterocycles. The molecular formula is C22H35NO2. The summed E-state index contributed by atoms with van der Waals surface area (Å²) in [5, 5.41) is 14.0. The van der Waals surface area contributed by atoms with E-state index in [0.29, 0.717) is 23.5 Å². The second-order valence-corrected chi connectivity index (χ2v) is 9.81. The summed E-state index contributed by atoms with van der Waals surface area (Å²) in [4.78, 5) is 12.7. The normalized spacial score (nSPS) is 52.2. The molecule has 8 atom stereocenters. The molecule has 3 saturated carbocycles. The molecule has 0 spiro atoms. The molecule has 3 heteroatoms. The van der Waals surface area contributed by atoms with Crippen molar-refractivity contribution < 1.29 is 9.90 Å². The summed E-state index contributed by atoms with van der Waals surface area (Å²) in [5.41, 5.74) is 1.92. The van der Waals surface area contributed by atoms with Crippen LogP contribution in [0.4, 0.5) is 0 Å². The molecule has 0 bridgehead atoms. The number of carbonyl (C=O) groups excluding carboxylic acids is 1. The summed E-state index contributed by atoms with van der Waals surface area (Å²) in [6.07, 6.45) is 9.47. The van der Waals surface area contributed by atoms with Crippen LogP contribution in [0.1, 0.15) is 65.7 Å². The van der Waals surface area contributed by atoms with Gasteiger partial charge in [0, 0.05) is 18.4 Å². The maximum atomic E-state index is 12.7. The van der Waals surface area contributed by atoms with Gasteiger partial charge in [-0.1, -0.05) is 32.4 Å². The summed E-state index contributed by atoms with van der Waals surface area (Å²) in [7, 11) is 1.96. The van der Waals surface area contributed by atoms with Crippen LogP contribution in [-0.2, 0) is 4.79 Å². The van der Waals surface area contributed by atoms with Crippen LogP contribution in [0.5, 0.6) is 0 Å². The number of fused-ring (bicyclic) bond motifs is 5. The topological polar surface area (TPSA) is 49.3 Å². The Balaban J connectivity index is 1.67. The van der Waals surface area contributed by atoms with E-state index in [1.807, 2.05) is 7.05 Å². The Labute approximate surface area is 152 Å². The molecule has 0 radical (unpaired) electrons. The number of aliphatic hydroxyl groups excluding tert-OH is 1.